The molecular weight excluding hydrogens is 232 g/mol. The van der Waals surface area contributed by atoms with Gasteiger partial charge in [-0.2, -0.15) is 0 Å². The summed E-state index contributed by atoms with van der Waals surface area (Å²) < 4.78 is 0. The molecule has 0 aromatic heterocycles. The van der Waals surface area contributed by atoms with Crippen molar-refractivity contribution in [3.05, 3.63) is 0 Å². The lowest BCUT2D eigenvalue weighted by molar-refractivity contribution is -0.152. The fourth-order valence-electron chi connectivity index (χ4n) is 3.17. The van der Waals surface area contributed by atoms with E-state index in [1.807, 2.05) is 0 Å². The lowest BCUT2D eigenvalue weighted by Crippen LogP contribution is -2.57. The average molecular weight is 254 g/mol. The van der Waals surface area contributed by atoms with Crippen LogP contribution in [0.15, 0.2) is 0 Å². The molecule has 0 aromatic rings. The van der Waals surface area contributed by atoms with Gasteiger partial charge in [0.1, 0.15) is 6.04 Å². The molecule has 1 heterocycles. The Hall–Kier alpha value is -1.10. The van der Waals surface area contributed by atoms with Crippen LogP contribution < -0.4 is 5.32 Å². The Morgan fingerprint density at radius 3 is 2.22 bits per heavy atom. The second-order valence-electron chi connectivity index (χ2n) is 6.47. The number of rotatable bonds is 2. The van der Waals surface area contributed by atoms with Crippen molar-refractivity contribution in [3.8, 4) is 0 Å². The van der Waals surface area contributed by atoms with E-state index in [-0.39, 0.29) is 22.7 Å². The normalized spacial score (nSPS) is 30.0. The van der Waals surface area contributed by atoms with E-state index >= 15 is 0 Å². The van der Waals surface area contributed by atoms with Gasteiger partial charge in [-0.15, -0.1) is 0 Å². The van der Waals surface area contributed by atoms with Crippen molar-refractivity contribution in [2.75, 3.05) is 19.6 Å². The van der Waals surface area contributed by atoms with Crippen molar-refractivity contribution in [1.82, 2.24) is 10.2 Å². The van der Waals surface area contributed by atoms with E-state index in [1.54, 1.807) is 4.90 Å². The zero-order valence-corrected chi connectivity index (χ0v) is 11.5. The summed E-state index contributed by atoms with van der Waals surface area (Å²) >= 11 is 0. The summed E-state index contributed by atoms with van der Waals surface area (Å²) in [4.78, 5) is 25.3. The molecule has 0 spiro atoms. The first-order valence-electron chi connectivity index (χ1n) is 6.45. The van der Waals surface area contributed by atoms with E-state index in [0.717, 1.165) is 0 Å². The Balaban J connectivity index is 2.16. The molecule has 2 rings (SSSR count). The second kappa shape index (κ2) is 3.95. The van der Waals surface area contributed by atoms with Crippen LogP contribution in [-0.4, -0.2) is 47.6 Å². The van der Waals surface area contributed by atoms with Crippen LogP contribution in [0.25, 0.3) is 0 Å². The first kappa shape index (κ1) is 13.3. The van der Waals surface area contributed by atoms with Crippen molar-refractivity contribution in [3.63, 3.8) is 0 Å². The van der Waals surface area contributed by atoms with E-state index < -0.39 is 12.0 Å². The Labute approximate surface area is 108 Å². The number of carboxylic acid groups (broad SMARTS) is 1. The lowest BCUT2D eigenvalue weighted by Gasteiger charge is -2.34. The largest absolute Gasteiger partial charge is 0.480 e. The van der Waals surface area contributed by atoms with Crippen molar-refractivity contribution in [2.24, 2.45) is 16.7 Å². The molecule has 1 atom stereocenters. The highest BCUT2D eigenvalue weighted by Crippen LogP contribution is 2.68. The molecule has 18 heavy (non-hydrogen) atoms. The van der Waals surface area contributed by atoms with Gasteiger partial charge in [0.25, 0.3) is 0 Å². The van der Waals surface area contributed by atoms with E-state index in [9.17, 15) is 14.7 Å². The van der Waals surface area contributed by atoms with E-state index in [4.69, 9.17) is 0 Å². The highest BCUT2D eigenvalue weighted by molar-refractivity contribution is 5.88. The Morgan fingerprint density at radius 2 is 1.78 bits per heavy atom. The second-order valence-corrected chi connectivity index (χ2v) is 6.47. The Bertz CT molecular complexity index is 376. The molecule has 0 radical (unpaired) electrons. The molecule has 1 saturated heterocycles. The third-order valence-electron chi connectivity index (χ3n) is 5.08. The summed E-state index contributed by atoms with van der Waals surface area (Å²) in [5.74, 6) is -0.990. The predicted molar refractivity (Wildman–Crippen MR) is 67.1 cm³/mol. The van der Waals surface area contributed by atoms with Crippen LogP contribution in [0.1, 0.15) is 27.7 Å². The van der Waals surface area contributed by atoms with Crippen LogP contribution in [0.2, 0.25) is 0 Å². The van der Waals surface area contributed by atoms with Crippen LogP contribution in [0.4, 0.5) is 0 Å². The molecule has 2 fully saturated rings. The molecular formula is C13H22N2O3. The number of hydrogen-bond acceptors (Lipinski definition) is 3. The van der Waals surface area contributed by atoms with E-state index in [1.165, 1.54) is 0 Å². The number of nitrogens with zero attached hydrogens (tertiary/aromatic N) is 1. The summed E-state index contributed by atoms with van der Waals surface area (Å²) in [7, 11) is 0. The van der Waals surface area contributed by atoms with Crippen molar-refractivity contribution in [2.45, 2.75) is 33.7 Å². The number of carbonyl (C=O) groups excluding carboxylic acids is 1. The minimum atomic E-state index is -0.924. The number of nitrogens with one attached hydrogen (secondary N) is 1. The average Bonchev–Trinajstić information content (AvgIpc) is 2.68. The van der Waals surface area contributed by atoms with Crippen molar-refractivity contribution >= 4 is 11.9 Å². The topological polar surface area (TPSA) is 69.6 Å². The monoisotopic (exact) mass is 254 g/mol. The van der Waals surface area contributed by atoms with Gasteiger partial charge in [-0.05, 0) is 10.8 Å². The predicted octanol–water partition coefficient (Wildman–Crippen LogP) is 0.554. The Morgan fingerprint density at radius 1 is 1.22 bits per heavy atom. The SMILES string of the molecule is CC1(C)C(C(=O)N2CCNCC2C(=O)O)C1(C)C. The summed E-state index contributed by atoms with van der Waals surface area (Å²) in [6.07, 6.45) is 0. The quantitative estimate of drug-likeness (QED) is 0.755. The Kier molecular flexibility index (Phi) is 2.93. The third-order valence-corrected chi connectivity index (χ3v) is 5.08. The van der Waals surface area contributed by atoms with Gasteiger partial charge in [0.15, 0.2) is 0 Å². The third kappa shape index (κ3) is 1.72. The maximum Gasteiger partial charge on any atom is 0.327 e. The molecule has 5 heteroatoms. The molecule has 1 unspecified atom stereocenters. The molecule has 1 saturated carbocycles. The van der Waals surface area contributed by atoms with Gasteiger partial charge in [-0.25, -0.2) is 4.79 Å². The minimum absolute atomic E-state index is 0.00102. The van der Waals surface area contributed by atoms with E-state index in [0.29, 0.717) is 19.6 Å². The maximum atomic E-state index is 12.5. The maximum absolute atomic E-state index is 12.5. The van der Waals surface area contributed by atoms with Crippen molar-refractivity contribution < 1.29 is 14.7 Å². The lowest BCUT2D eigenvalue weighted by atomic mass is 10.0. The molecule has 5 nitrogen and oxygen atoms in total. The van der Waals surface area contributed by atoms with Gasteiger partial charge < -0.3 is 15.3 Å². The number of piperazine rings is 1. The zero-order valence-electron chi connectivity index (χ0n) is 11.5. The number of aliphatic carboxylic acids is 1. The van der Waals surface area contributed by atoms with Crippen LogP contribution in [0.5, 0.6) is 0 Å². The standard InChI is InChI=1S/C13H22N2O3/c1-12(2)9(13(12,3)4)10(16)15-6-5-14-7-8(15)11(17)18/h8-9,14H,5-7H2,1-4H3,(H,17,18). The summed E-state index contributed by atoms with van der Waals surface area (Å²) in [6, 6.07) is -0.724. The minimum Gasteiger partial charge on any atom is -0.480 e. The van der Waals surface area contributed by atoms with Crippen LogP contribution in [-0.2, 0) is 9.59 Å². The molecule has 0 bridgehead atoms. The van der Waals surface area contributed by atoms with Gasteiger partial charge in [-0.1, -0.05) is 27.7 Å². The van der Waals surface area contributed by atoms with Crippen LogP contribution in [0, 0.1) is 16.7 Å². The summed E-state index contributed by atoms with van der Waals surface area (Å²) in [5.41, 5.74) is -0.0873. The summed E-state index contributed by atoms with van der Waals surface area (Å²) in [6.45, 7) is 9.80. The van der Waals surface area contributed by atoms with Gasteiger partial charge in [-0.3, -0.25) is 4.79 Å². The van der Waals surface area contributed by atoms with Crippen LogP contribution in [0.3, 0.4) is 0 Å². The number of hydrogen-bond donors (Lipinski definition) is 2. The molecule has 1 amide bonds. The summed E-state index contributed by atoms with van der Waals surface area (Å²) in [5, 5.41) is 12.2. The van der Waals surface area contributed by atoms with Gasteiger partial charge in [0.2, 0.25) is 5.91 Å². The fourth-order valence-corrected chi connectivity index (χ4v) is 3.17. The molecule has 2 N–H and O–H groups in total. The molecule has 1 aliphatic heterocycles. The molecule has 0 aromatic carbocycles. The highest BCUT2D eigenvalue weighted by atomic mass is 16.4. The number of carboxylic acids is 1. The highest BCUT2D eigenvalue weighted by Gasteiger charge is 2.69. The number of amides is 1. The number of carbonyl (C=O) groups is 2. The van der Waals surface area contributed by atoms with Gasteiger partial charge >= 0.3 is 5.97 Å². The van der Waals surface area contributed by atoms with Crippen LogP contribution >= 0.6 is 0 Å². The zero-order chi connectivity index (χ0) is 13.7. The van der Waals surface area contributed by atoms with Crippen molar-refractivity contribution in [1.29, 1.82) is 0 Å². The fraction of sp³-hybridized carbons (Fsp3) is 0.846. The first-order valence-corrected chi connectivity index (χ1v) is 6.45. The van der Waals surface area contributed by atoms with E-state index in [2.05, 4.69) is 33.0 Å². The van der Waals surface area contributed by atoms with Gasteiger partial charge in [0, 0.05) is 25.6 Å². The smallest absolute Gasteiger partial charge is 0.327 e. The first-order chi connectivity index (χ1) is 8.21. The molecule has 102 valence electrons. The molecule has 2 aliphatic rings. The van der Waals surface area contributed by atoms with Gasteiger partial charge in [0.05, 0.1) is 0 Å². The molecule has 1 aliphatic carbocycles.